The van der Waals surface area contributed by atoms with Gasteiger partial charge in [0.25, 0.3) is 0 Å². The van der Waals surface area contributed by atoms with Crippen molar-refractivity contribution in [3.05, 3.63) is 40.9 Å². The average Bonchev–Trinajstić information content (AvgIpc) is 2.70. The van der Waals surface area contributed by atoms with Gasteiger partial charge in [-0.05, 0) is 52.2 Å². The number of unbranched alkanes of at least 4 members (excludes halogenated alkanes) is 1. The van der Waals surface area contributed by atoms with Crippen molar-refractivity contribution < 1.29 is 29.3 Å². The average molecular weight is 454 g/mol. The minimum absolute atomic E-state index is 0.765. The van der Waals surface area contributed by atoms with E-state index in [9.17, 15) is 0 Å². The number of fused-ring (bicyclic) bond motifs is 1. The third-order valence-electron chi connectivity index (χ3n) is 4.24. The van der Waals surface area contributed by atoms with Gasteiger partial charge in [-0.15, -0.1) is 0 Å². The molecule has 7 nitrogen and oxygen atoms in total. The molecule has 0 bridgehead atoms. The van der Waals surface area contributed by atoms with E-state index in [0.717, 1.165) is 56.1 Å². The van der Waals surface area contributed by atoms with Crippen molar-refractivity contribution >= 4 is 38.6 Å². The van der Waals surface area contributed by atoms with E-state index in [4.69, 9.17) is 29.3 Å². The van der Waals surface area contributed by atoms with Crippen LogP contribution < -0.4 is 4.74 Å². The van der Waals surface area contributed by atoms with Crippen LogP contribution in [0.5, 0.6) is 5.75 Å². The molecule has 0 radical (unpaired) electrons. The number of nitrogens with zero attached hydrogens (tertiary/aromatic N) is 1. The molecule has 28 heavy (non-hydrogen) atoms. The highest BCUT2D eigenvalue weighted by atomic mass is 79.9. The van der Waals surface area contributed by atoms with E-state index in [1.54, 1.807) is 0 Å². The van der Waals surface area contributed by atoms with Crippen LogP contribution in [0.25, 0.3) is 10.8 Å². The fourth-order valence-corrected chi connectivity index (χ4v) is 3.38. The van der Waals surface area contributed by atoms with E-state index >= 15 is 0 Å². The topological polar surface area (TPSA) is 96.3 Å². The highest BCUT2D eigenvalue weighted by Crippen LogP contribution is 2.33. The molecule has 8 heteroatoms. The van der Waals surface area contributed by atoms with Crippen molar-refractivity contribution in [3.63, 3.8) is 0 Å². The molecule has 0 amide bonds. The lowest BCUT2D eigenvalue weighted by Crippen LogP contribution is -2.36. The Labute approximate surface area is 172 Å². The highest BCUT2D eigenvalue weighted by Gasteiger charge is 2.10. The van der Waals surface area contributed by atoms with Crippen molar-refractivity contribution in [1.82, 2.24) is 4.90 Å². The van der Waals surface area contributed by atoms with Gasteiger partial charge in [0.2, 0.25) is 0 Å². The predicted molar refractivity (Wildman–Crippen MR) is 109 cm³/mol. The molecule has 2 aromatic carbocycles. The standard InChI is InChI=1S/C18H22BrNO2.C2H2O4/c19-18-16-6-2-1-5-15(16)7-8-17(18)22-12-4-3-9-20-10-13-21-14-11-20;3-1(4)2(5)6/h1-2,5-8H,3-4,9-14H2;(H,3,4)(H,5,6). The van der Waals surface area contributed by atoms with Crippen molar-refractivity contribution in [1.29, 1.82) is 0 Å². The maximum atomic E-state index is 9.10. The van der Waals surface area contributed by atoms with Gasteiger partial charge in [0.15, 0.2) is 0 Å². The maximum absolute atomic E-state index is 9.10. The Morgan fingerprint density at radius 3 is 2.39 bits per heavy atom. The van der Waals surface area contributed by atoms with E-state index in [0.29, 0.717) is 0 Å². The number of ether oxygens (including phenoxy) is 2. The summed E-state index contributed by atoms with van der Waals surface area (Å²) in [6.45, 7) is 5.79. The fraction of sp³-hybridized carbons (Fsp3) is 0.400. The normalized spacial score (nSPS) is 14.2. The Bertz CT molecular complexity index is 779. The summed E-state index contributed by atoms with van der Waals surface area (Å²) in [4.78, 5) is 20.7. The zero-order chi connectivity index (χ0) is 20.4. The summed E-state index contributed by atoms with van der Waals surface area (Å²) >= 11 is 3.67. The first-order valence-electron chi connectivity index (χ1n) is 9.05. The van der Waals surface area contributed by atoms with E-state index < -0.39 is 11.9 Å². The van der Waals surface area contributed by atoms with E-state index in [-0.39, 0.29) is 0 Å². The van der Waals surface area contributed by atoms with Crippen LogP contribution in [-0.4, -0.2) is 66.5 Å². The predicted octanol–water partition coefficient (Wildman–Crippen LogP) is 3.25. The van der Waals surface area contributed by atoms with Crippen LogP contribution in [0.4, 0.5) is 0 Å². The molecule has 3 rings (SSSR count). The van der Waals surface area contributed by atoms with Gasteiger partial charge in [-0.3, -0.25) is 4.90 Å². The molecule has 2 aromatic rings. The first-order chi connectivity index (χ1) is 13.5. The lowest BCUT2D eigenvalue weighted by atomic mass is 10.1. The number of hydrogen-bond acceptors (Lipinski definition) is 5. The number of rotatable bonds is 6. The lowest BCUT2D eigenvalue weighted by Gasteiger charge is -2.26. The summed E-state index contributed by atoms with van der Waals surface area (Å²) in [7, 11) is 0. The van der Waals surface area contributed by atoms with Gasteiger partial charge in [0.1, 0.15) is 5.75 Å². The molecule has 152 valence electrons. The quantitative estimate of drug-likeness (QED) is 0.511. The summed E-state index contributed by atoms with van der Waals surface area (Å²) in [6, 6.07) is 12.5. The smallest absolute Gasteiger partial charge is 0.414 e. The number of aliphatic carboxylic acids is 2. The van der Waals surface area contributed by atoms with Crippen LogP contribution in [0.1, 0.15) is 12.8 Å². The molecule has 0 atom stereocenters. The molecular weight excluding hydrogens is 430 g/mol. The molecule has 0 spiro atoms. The van der Waals surface area contributed by atoms with Gasteiger partial charge >= 0.3 is 11.9 Å². The van der Waals surface area contributed by atoms with Crippen LogP contribution in [0.15, 0.2) is 40.9 Å². The minimum Gasteiger partial charge on any atom is -0.492 e. The summed E-state index contributed by atoms with van der Waals surface area (Å²) in [5.74, 6) is -2.71. The Morgan fingerprint density at radius 1 is 1.04 bits per heavy atom. The largest absolute Gasteiger partial charge is 0.492 e. The van der Waals surface area contributed by atoms with Gasteiger partial charge in [0.05, 0.1) is 24.3 Å². The second-order valence-electron chi connectivity index (χ2n) is 6.22. The SMILES string of the molecule is Brc1c(OCCCCN2CCOCC2)ccc2ccccc12.O=C(O)C(=O)O. The van der Waals surface area contributed by atoms with Crippen LogP contribution in [0, 0.1) is 0 Å². The number of morpholine rings is 1. The van der Waals surface area contributed by atoms with Crippen LogP contribution in [0.2, 0.25) is 0 Å². The number of carboxylic acids is 2. The molecule has 1 fully saturated rings. The molecule has 0 aliphatic carbocycles. The first kappa shape index (κ1) is 22.1. The number of benzene rings is 2. The molecule has 0 saturated carbocycles. The second-order valence-corrected chi connectivity index (χ2v) is 7.01. The van der Waals surface area contributed by atoms with Crippen LogP contribution in [0.3, 0.4) is 0 Å². The number of carbonyl (C=O) groups is 2. The van der Waals surface area contributed by atoms with E-state index in [2.05, 4.69) is 51.2 Å². The monoisotopic (exact) mass is 453 g/mol. The number of halogens is 1. The first-order valence-corrected chi connectivity index (χ1v) is 9.84. The third-order valence-corrected chi connectivity index (χ3v) is 5.06. The maximum Gasteiger partial charge on any atom is 0.414 e. The van der Waals surface area contributed by atoms with Gasteiger partial charge in [-0.1, -0.05) is 30.3 Å². The van der Waals surface area contributed by atoms with Gasteiger partial charge < -0.3 is 19.7 Å². The highest BCUT2D eigenvalue weighted by molar-refractivity contribution is 9.10. The van der Waals surface area contributed by atoms with Gasteiger partial charge in [0, 0.05) is 13.1 Å². The van der Waals surface area contributed by atoms with Gasteiger partial charge in [-0.2, -0.15) is 0 Å². The molecule has 0 unspecified atom stereocenters. The van der Waals surface area contributed by atoms with E-state index in [1.165, 1.54) is 17.2 Å². The Morgan fingerprint density at radius 2 is 1.71 bits per heavy atom. The summed E-state index contributed by atoms with van der Waals surface area (Å²) in [5, 5.41) is 17.2. The lowest BCUT2D eigenvalue weighted by molar-refractivity contribution is -0.159. The minimum atomic E-state index is -1.82. The van der Waals surface area contributed by atoms with Gasteiger partial charge in [-0.25, -0.2) is 9.59 Å². The van der Waals surface area contributed by atoms with Crippen LogP contribution in [-0.2, 0) is 14.3 Å². The molecule has 1 saturated heterocycles. The zero-order valence-electron chi connectivity index (χ0n) is 15.5. The summed E-state index contributed by atoms with van der Waals surface area (Å²) < 4.78 is 12.4. The van der Waals surface area contributed by atoms with Crippen molar-refractivity contribution in [2.24, 2.45) is 0 Å². The van der Waals surface area contributed by atoms with Crippen molar-refractivity contribution in [2.45, 2.75) is 12.8 Å². The molecule has 2 N–H and O–H groups in total. The summed E-state index contributed by atoms with van der Waals surface area (Å²) in [6.07, 6.45) is 2.25. The molecular formula is C20H24BrNO6. The fourth-order valence-electron chi connectivity index (χ4n) is 2.77. The molecule has 1 heterocycles. The Hall–Kier alpha value is -2.16. The Balaban J connectivity index is 0.000000409. The van der Waals surface area contributed by atoms with Crippen LogP contribution >= 0.6 is 15.9 Å². The zero-order valence-corrected chi connectivity index (χ0v) is 17.1. The molecule has 0 aromatic heterocycles. The number of hydrogen-bond donors (Lipinski definition) is 2. The third kappa shape index (κ3) is 7.10. The molecule has 1 aliphatic heterocycles. The van der Waals surface area contributed by atoms with E-state index in [1.807, 2.05) is 6.07 Å². The Kier molecular flexibility index (Phi) is 9.19. The van der Waals surface area contributed by atoms with Crippen molar-refractivity contribution in [2.75, 3.05) is 39.5 Å². The van der Waals surface area contributed by atoms with Crippen molar-refractivity contribution in [3.8, 4) is 5.75 Å². The second kappa shape index (κ2) is 11.6. The number of carboxylic acid groups (broad SMARTS) is 2. The molecule has 1 aliphatic rings. The summed E-state index contributed by atoms with van der Waals surface area (Å²) in [5.41, 5.74) is 0.